The van der Waals surface area contributed by atoms with Crippen LogP contribution in [0.2, 0.25) is 0 Å². The van der Waals surface area contributed by atoms with E-state index in [1.54, 1.807) is 19.1 Å². The van der Waals surface area contributed by atoms with E-state index in [0.717, 1.165) is 10.5 Å². The van der Waals surface area contributed by atoms with Crippen LogP contribution in [0, 0.1) is 12.7 Å². The number of rotatable bonds is 4. The Morgan fingerprint density at radius 1 is 1.29 bits per heavy atom. The van der Waals surface area contributed by atoms with Crippen molar-refractivity contribution in [1.29, 1.82) is 0 Å². The van der Waals surface area contributed by atoms with Crippen LogP contribution in [-0.2, 0) is 4.79 Å². The van der Waals surface area contributed by atoms with Crippen LogP contribution < -0.4 is 5.32 Å². The summed E-state index contributed by atoms with van der Waals surface area (Å²) in [6.07, 6.45) is 0. The molecule has 21 heavy (non-hydrogen) atoms. The van der Waals surface area contributed by atoms with Gasteiger partial charge in [-0.25, -0.2) is 4.39 Å². The van der Waals surface area contributed by atoms with Gasteiger partial charge in [-0.15, -0.1) is 11.8 Å². The predicted molar refractivity (Wildman–Crippen MR) is 89.2 cm³/mol. The van der Waals surface area contributed by atoms with Gasteiger partial charge in [0.05, 0.1) is 10.9 Å². The van der Waals surface area contributed by atoms with E-state index in [1.165, 1.54) is 17.8 Å². The molecule has 1 atom stereocenters. The molecule has 0 aliphatic rings. The lowest BCUT2D eigenvalue weighted by molar-refractivity contribution is -0.115. The van der Waals surface area contributed by atoms with Crippen molar-refractivity contribution < 1.29 is 9.18 Å². The molecule has 0 saturated heterocycles. The maximum Gasteiger partial charge on any atom is 0.237 e. The Labute approximate surface area is 136 Å². The number of amides is 1. The van der Waals surface area contributed by atoms with Crippen molar-refractivity contribution in [3.63, 3.8) is 0 Å². The molecule has 5 heteroatoms. The molecule has 1 N–H and O–H groups in total. The van der Waals surface area contributed by atoms with Crippen LogP contribution in [0.15, 0.2) is 51.8 Å². The van der Waals surface area contributed by atoms with Gasteiger partial charge < -0.3 is 5.32 Å². The van der Waals surface area contributed by atoms with Crippen LogP contribution in [-0.4, -0.2) is 11.2 Å². The standard InChI is InChI=1S/C16H15BrFNOS/c1-10-4-3-5-13(8-10)21-11(2)16(20)19-15-7-6-12(17)9-14(15)18/h3-9,11H,1-2H3,(H,19,20). The van der Waals surface area contributed by atoms with E-state index in [9.17, 15) is 9.18 Å². The second-order valence-electron chi connectivity index (χ2n) is 4.69. The Morgan fingerprint density at radius 2 is 2.05 bits per heavy atom. The summed E-state index contributed by atoms with van der Waals surface area (Å²) in [4.78, 5) is 13.2. The first-order valence-electron chi connectivity index (χ1n) is 6.45. The molecule has 0 fully saturated rings. The van der Waals surface area contributed by atoms with Gasteiger partial charge in [-0.1, -0.05) is 33.6 Å². The summed E-state index contributed by atoms with van der Waals surface area (Å²) in [5.41, 5.74) is 1.34. The topological polar surface area (TPSA) is 29.1 Å². The molecule has 2 aromatic carbocycles. The number of carbonyl (C=O) groups is 1. The van der Waals surface area contributed by atoms with Crippen LogP contribution in [0.5, 0.6) is 0 Å². The molecule has 0 aliphatic heterocycles. The van der Waals surface area contributed by atoms with Crippen LogP contribution in [0.25, 0.3) is 0 Å². The van der Waals surface area contributed by atoms with E-state index in [1.807, 2.05) is 31.2 Å². The molecule has 110 valence electrons. The molecule has 1 amide bonds. The van der Waals surface area contributed by atoms with Crippen molar-refractivity contribution in [1.82, 2.24) is 0 Å². The van der Waals surface area contributed by atoms with Gasteiger partial charge in [0.25, 0.3) is 0 Å². The highest BCUT2D eigenvalue weighted by molar-refractivity contribution is 9.10. The lowest BCUT2D eigenvalue weighted by Gasteiger charge is -2.13. The summed E-state index contributed by atoms with van der Waals surface area (Å²) in [6, 6.07) is 12.5. The van der Waals surface area contributed by atoms with Crippen molar-refractivity contribution >= 4 is 39.3 Å². The third-order valence-corrected chi connectivity index (χ3v) is 4.45. The first kappa shape index (κ1) is 16.0. The highest BCUT2D eigenvalue weighted by atomic mass is 79.9. The first-order valence-corrected chi connectivity index (χ1v) is 8.12. The van der Waals surface area contributed by atoms with Crippen LogP contribution in [0.3, 0.4) is 0 Å². The molecular weight excluding hydrogens is 353 g/mol. The van der Waals surface area contributed by atoms with Crippen molar-refractivity contribution in [2.45, 2.75) is 24.0 Å². The Hall–Kier alpha value is -1.33. The second kappa shape index (κ2) is 7.09. The summed E-state index contributed by atoms with van der Waals surface area (Å²) in [5.74, 6) is -0.673. The summed E-state index contributed by atoms with van der Waals surface area (Å²) in [5, 5.41) is 2.31. The highest BCUT2D eigenvalue weighted by Gasteiger charge is 2.16. The molecule has 2 aromatic rings. The van der Waals surface area contributed by atoms with Gasteiger partial charge in [0.1, 0.15) is 5.82 Å². The van der Waals surface area contributed by atoms with E-state index in [-0.39, 0.29) is 16.8 Å². The molecule has 0 saturated carbocycles. The largest absolute Gasteiger partial charge is 0.323 e. The fourth-order valence-corrected chi connectivity index (χ4v) is 3.09. The zero-order valence-electron chi connectivity index (χ0n) is 11.7. The van der Waals surface area contributed by atoms with E-state index >= 15 is 0 Å². The molecule has 0 radical (unpaired) electrons. The number of anilines is 1. The smallest absolute Gasteiger partial charge is 0.237 e. The SMILES string of the molecule is Cc1cccc(SC(C)C(=O)Nc2ccc(Br)cc2F)c1. The Bertz CT molecular complexity index is 662. The van der Waals surface area contributed by atoms with E-state index in [2.05, 4.69) is 21.2 Å². The number of thioether (sulfide) groups is 1. The van der Waals surface area contributed by atoms with E-state index in [0.29, 0.717) is 4.47 Å². The minimum absolute atomic E-state index is 0.194. The molecule has 0 heterocycles. The van der Waals surface area contributed by atoms with Crippen LogP contribution in [0.4, 0.5) is 10.1 Å². The summed E-state index contributed by atoms with van der Waals surface area (Å²) in [6.45, 7) is 3.81. The number of hydrogen-bond acceptors (Lipinski definition) is 2. The molecule has 0 bridgehead atoms. The van der Waals surface area contributed by atoms with E-state index in [4.69, 9.17) is 0 Å². The average molecular weight is 368 g/mol. The fraction of sp³-hybridized carbons (Fsp3) is 0.188. The van der Waals surface area contributed by atoms with Gasteiger partial charge in [-0.2, -0.15) is 0 Å². The third-order valence-electron chi connectivity index (χ3n) is 2.86. The van der Waals surface area contributed by atoms with Crippen molar-refractivity contribution in [2.75, 3.05) is 5.32 Å². The van der Waals surface area contributed by atoms with Gasteiger partial charge in [-0.3, -0.25) is 4.79 Å². The number of nitrogens with one attached hydrogen (secondary N) is 1. The van der Waals surface area contributed by atoms with Crippen molar-refractivity contribution in [3.8, 4) is 0 Å². The quantitative estimate of drug-likeness (QED) is 0.769. The molecule has 0 spiro atoms. The monoisotopic (exact) mass is 367 g/mol. The zero-order chi connectivity index (χ0) is 15.4. The maximum atomic E-state index is 13.7. The first-order chi connectivity index (χ1) is 9.95. The lowest BCUT2D eigenvalue weighted by atomic mass is 10.2. The lowest BCUT2D eigenvalue weighted by Crippen LogP contribution is -2.22. The number of benzene rings is 2. The molecule has 2 nitrogen and oxygen atoms in total. The van der Waals surface area contributed by atoms with Crippen LogP contribution >= 0.6 is 27.7 Å². The number of halogens is 2. The van der Waals surface area contributed by atoms with E-state index < -0.39 is 5.82 Å². The minimum Gasteiger partial charge on any atom is -0.323 e. The van der Waals surface area contributed by atoms with Crippen molar-refractivity contribution in [2.24, 2.45) is 0 Å². The second-order valence-corrected chi connectivity index (χ2v) is 7.02. The van der Waals surface area contributed by atoms with Gasteiger partial charge in [0.2, 0.25) is 5.91 Å². The number of hydrogen-bond donors (Lipinski definition) is 1. The van der Waals surface area contributed by atoms with Gasteiger partial charge >= 0.3 is 0 Å². The Balaban J connectivity index is 2.02. The molecule has 2 rings (SSSR count). The average Bonchev–Trinajstić information content (AvgIpc) is 2.41. The number of aryl methyl sites for hydroxylation is 1. The Kier molecular flexibility index (Phi) is 5.42. The maximum absolute atomic E-state index is 13.7. The summed E-state index contributed by atoms with van der Waals surface area (Å²) in [7, 11) is 0. The van der Waals surface area contributed by atoms with Gasteiger partial charge in [-0.05, 0) is 44.2 Å². The molecule has 1 unspecified atom stereocenters. The zero-order valence-corrected chi connectivity index (χ0v) is 14.1. The third kappa shape index (κ3) is 4.58. The predicted octanol–water partition coefficient (Wildman–Crippen LogP) is 5.02. The molecule has 0 aromatic heterocycles. The molecular formula is C16H15BrFNOS. The molecule has 0 aliphatic carbocycles. The summed E-state index contributed by atoms with van der Waals surface area (Å²) < 4.78 is 14.3. The summed E-state index contributed by atoms with van der Waals surface area (Å²) >= 11 is 4.64. The minimum atomic E-state index is -0.453. The van der Waals surface area contributed by atoms with Gasteiger partial charge in [0, 0.05) is 9.37 Å². The Morgan fingerprint density at radius 3 is 2.71 bits per heavy atom. The highest BCUT2D eigenvalue weighted by Crippen LogP contribution is 2.26. The van der Waals surface area contributed by atoms with Gasteiger partial charge in [0.15, 0.2) is 0 Å². The van der Waals surface area contributed by atoms with Crippen LogP contribution in [0.1, 0.15) is 12.5 Å². The van der Waals surface area contributed by atoms with Crippen molar-refractivity contribution in [3.05, 3.63) is 58.3 Å². The number of carbonyl (C=O) groups excluding carboxylic acids is 1. The fourth-order valence-electron chi connectivity index (χ4n) is 1.77. The normalized spacial score (nSPS) is 12.0.